The maximum absolute atomic E-state index is 11.7. The van der Waals surface area contributed by atoms with Crippen LogP contribution in [-0.2, 0) is 38.2 Å². The second-order valence-electron chi connectivity index (χ2n) is 5.40. The minimum atomic E-state index is -2.95. The summed E-state index contributed by atoms with van der Waals surface area (Å²) in [6.45, 7) is 1.52. The monoisotopic (exact) mass is 457 g/mol. The van der Waals surface area contributed by atoms with Gasteiger partial charge in [0.05, 0.1) is 0 Å². The van der Waals surface area contributed by atoms with Gasteiger partial charge in [-0.2, -0.15) is 0 Å². The van der Waals surface area contributed by atoms with Crippen molar-refractivity contribution in [1.82, 2.24) is 0 Å². The van der Waals surface area contributed by atoms with Crippen LogP contribution in [0.25, 0.3) is 0 Å². The van der Waals surface area contributed by atoms with Crippen molar-refractivity contribution < 1.29 is 95.8 Å². The topological polar surface area (TPSA) is 146 Å². The van der Waals surface area contributed by atoms with Crippen molar-refractivity contribution in [3.05, 3.63) is 47.0 Å². The molecule has 144 valence electrons. The molecule has 0 saturated heterocycles. The quantitative estimate of drug-likeness (QED) is 0.333. The van der Waals surface area contributed by atoms with Crippen molar-refractivity contribution in [3.63, 3.8) is 0 Å². The van der Waals surface area contributed by atoms with Crippen LogP contribution in [0.3, 0.4) is 0 Å². The van der Waals surface area contributed by atoms with E-state index in [9.17, 15) is 36.6 Å². The molecule has 0 amide bonds. The number of aryl methyl sites for hydroxylation is 1. The average molecular weight is 457 g/mol. The maximum Gasteiger partial charge on any atom is 1.00 e. The van der Waals surface area contributed by atoms with E-state index in [1.54, 1.807) is 0 Å². The summed E-state index contributed by atoms with van der Waals surface area (Å²) in [7, 11) is -4.58. The Morgan fingerprint density at radius 3 is 1.76 bits per heavy atom. The normalized spacial score (nSPS) is 10.2. The Morgan fingerprint density at radius 2 is 1.31 bits per heavy atom. The van der Waals surface area contributed by atoms with Gasteiger partial charge in [0.1, 0.15) is 0 Å². The van der Waals surface area contributed by atoms with Crippen LogP contribution < -0.4 is 64.0 Å². The molecule has 2 rings (SSSR count). The fraction of sp³-hybridized carbons (Fsp3) is 0.125. The molecule has 0 aliphatic rings. The summed E-state index contributed by atoms with van der Waals surface area (Å²) in [5.41, 5.74) is -0.817. The predicted octanol–water partition coefficient (Wildman–Crippen LogP) is -3.50. The van der Waals surface area contributed by atoms with Crippen molar-refractivity contribution >= 4 is 44.7 Å². The van der Waals surface area contributed by atoms with Gasteiger partial charge in [-0.15, -0.1) is 0 Å². The van der Waals surface area contributed by atoms with Gasteiger partial charge in [0.15, 0.2) is 0 Å². The summed E-state index contributed by atoms with van der Waals surface area (Å²) in [5, 5.41) is 18.5. The number of hydrogen-bond donors (Lipinski definition) is 2. The number of anilines is 2. The third kappa shape index (κ3) is 5.82. The molecule has 0 fully saturated rings. The van der Waals surface area contributed by atoms with E-state index >= 15 is 0 Å². The van der Waals surface area contributed by atoms with Gasteiger partial charge in [0.2, 0.25) is 0 Å². The Kier molecular flexibility index (Phi) is 11.1. The summed E-state index contributed by atoms with van der Waals surface area (Å²) >= 11 is 0. The molecule has 0 aliphatic heterocycles. The molecule has 13 heteroatoms. The molecule has 0 atom stereocenters. The number of carboxylic acid groups (broad SMARTS) is 2. The van der Waals surface area contributed by atoms with Crippen molar-refractivity contribution in [2.24, 2.45) is 0 Å². The van der Waals surface area contributed by atoms with E-state index in [0.717, 1.165) is 17.0 Å². The number of carbonyl (C=O) groups is 2. The number of hydrogen-bond acceptors (Lipinski definition) is 9. The molecule has 29 heavy (non-hydrogen) atoms. The van der Waals surface area contributed by atoms with E-state index in [1.807, 2.05) is 0 Å². The van der Waals surface area contributed by atoms with Gasteiger partial charge in [-0.3, -0.25) is 0 Å². The molecule has 0 bridgehead atoms. The molecule has 0 saturated carbocycles. The number of benzene rings is 2. The summed E-state index contributed by atoms with van der Waals surface area (Å²) in [6.07, 6.45) is 0. The van der Waals surface area contributed by atoms with E-state index in [0.29, 0.717) is 5.56 Å². The van der Waals surface area contributed by atoms with Gasteiger partial charge >= 0.3 is 71.1 Å². The zero-order valence-electron chi connectivity index (χ0n) is 16.0. The van der Waals surface area contributed by atoms with Crippen LogP contribution in [0, 0.1) is 6.92 Å². The summed E-state index contributed by atoms with van der Waals surface area (Å²) in [6, 6.07) is 6.19. The molecule has 0 radical (unpaired) electrons. The Balaban J connectivity index is 0.00000392. The van der Waals surface area contributed by atoms with E-state index in [2.05, 4.69) is 0 Å². The molecular weight excluding hydrogens is 444 g/mol. The molecule has 0 aromatic heterocycles. The molecule has 2 aromatic carbocycles. The first-order chi connectivity index (χ1) is 12.6. The second-order valence-corrected chi connectivity index (χ2v) is 7.16. The van der Waals surface area contributed by atoms with Gasteiger partial charge in [0, 0.05) is 29.5 Å². The molecule has 0 heterocycles. The number of rotatable bonds is 6. The first-order valence-corrected chi connectivity index (χ1v) is 9.38. The van der Waals surface area contributed by atoms with E-state index in [1.165, 1.54) is 32.2 Å². The van der Waals surface area contributed by atoms with Gasteiger partial charge in [0.25, 0.3) is 0 Å². The summed E-state index contributed by atoms with van der Waals surface area (Å²) in [5.74, 6) is -2.95. The Bertz CT molecular complexity index is 1100. The molecule has 0 aliphatic carbocycles. The van der Waals surface area contributed by atoms with Crippen LogP contribution >= 0.6 is 0 Å². The van der Waals surface area contributed by atoms with Crippen LogP contribution in [0.2, 0.25) is 0 Å². The fourth-order valence-electron chi connectivity index (χ4n) is 2.68. The molecule has 2 aromatic rings. The van der Waals surface area contributed by atoms with Gasteiger partial charge in [-0.05, 0) is 61.9 Å². The minimum Gasteiger partial charge on any atom is -0.478 e. The Hall–Kier alpha value is -0.920. The van der Waals surface area contributed by atoms with Crippen LogP contribution in [0.4, 0.5) is 11.4 Å². The zero-order chi connectivity index (χ0) is 20.5. The molecule has 2 N–H and O–H groups in total. The van der Waals surface area contributed by atoms with Crippen LogP contribution in [0.15, 0.2) is 40.1 Å². The van der Waals surface area contributed by atoms with Crippen molar-refractivity contribution in [1.29, 1.82) is 0 Å². The summed E-state index contributed by atoms with van der Waals surface area (Å²) in [4.78, 5) is 22.8. The molecular formula is C16H13NNa2O8S2. The van der Waals surface area contributed by atoms with Crippen LogP contribution in [-0.4, -0.2) is 29.2 Å². The van der Waals surface area contributed by atoms with E-state index in [4.69, 9.17) is 0 Å². The van der Waals surface area contributed by atoms with Gasteiger partial charge < -0.3 is 31.9 Å². The first-order valence-electron chi connectivity index (χ1n) is 7.23. The average Bonchev–Trinajstić information content (AvgIpc) is 2.59. The molecule has 9 nitrogen and oxygen atoms in total. The SMILES string of the molecule is Cc1ccc(C(=O)O)c([S-](=O)=O)c1N(C)c1cccc(C(=O)O)c1[S-](=O)=O.[Na+].[Na+]. The Morgan fingerprint density at radius 1 is 0.828 bits per heavy atom. The van der Waals surface area contributed by atoms with Crippen LogP contribution in [0.1, 0.15) is 26.3 Å². The van der Waals surface area contributed by atoms with E-state index in [-0.39, 0.29) is 70.5 Å². The van der Waals surface area contributed by atoms with Crippen molar-refractivity contribution in [2.45, 2.75) is 16.7 Å². The number of aromatic carboxylic acids is 2. The molecule has 0 unspecified atom stereocenters. The fourth-order valence-corrected chi connectivity index (χ4v) is 4.18. The van der Waals surface area contributed by atoms with Gasteiger partial charge in [-0.1, -0.05) is 12.1 Å². The maximum atomic E-state index is 11.7. The minimum absolute atomic E-state index is 0. The molecule has 0 spiro atoms. The largest absolute Gasteiger partial charge is 1.00 e. The first kappa shape index (κ1) is 28.1. The number of nitrogens with zero attached hydrogens (tertiary/aromatic N) is 1. The summed E-state index contributed by atoms with van der Waals surface area (Å²) < 4.78 is 46.8. The third-order valence-corrected chi connectivity index (χ3v) is 5.33. The van der Waals surface area contributed by atoms with E-state index < -0.39 is 54.3 Å². The number of carboxylic acids is 2. The predicted molar refractivity (Wildman–Crippen MR) is 93.6 cm³/mol. The standard InChI is InChI=1S/C16H13NO8S2.2Na/c1-8-6-7-10(16(20)21)14(27(24)25)12(8)17(2)11-5-3-4-9(15(18)19)13(11)26(22)23;;/h3-7H,1-2H3,(H,18,19)(H,20,21);;/q-2;2*+1. The van der Waals surface area contributed by atoms with Crippen molar-refractivity contribution in [2.75, 3.05) is 11.9 Å². The van der Waals surface area contributed by atoms with Crippen molar-refractivity contribution in [3.8, 4) is 0 Å². The van der Waals surface area contributed by atoms with Gasteiger partial charge in [-0.25, -0.2) is 9.59 Å². The van der Waals surface area contributed by atoms with Crippen LogP contribution in [0.5, 0.6) is 0 Å². The third-order valence-electron chi connectivity index (χ3n) is 3.82. The smallest absolute Gasteiger partial charge is 0.478 e. The zero-order valence-corrected chi connectivity index (χ0v) is 21.6. The Labute approximate surface area is 214 Å². The second kappa shape index (κ2) is 11.5.